The van der Waals surface area contributed by atoms with Crippen molar-refractivity contribution in [1.82, 2.24) is 5.32 Å². The van der Waals surface area contributed by atoms with Gasteiger partial charge in [-0.05, 0) is 36.8 Å². The molecule has 1 amide bonds. The van der Waals surface area contributed by atoms with E-state index in [0.29, 0.717) is 0 Å². The highest BCUT2D eigenvalue weighted by molar-refractivity contribution is 7.85. The van der Waals surface area contributed by atoms with E-state index in [4.69, 9.17) is 0 Å². The first kappa shape index (κ1) is 17.2. The number of benzene rings is 2. The van der Waals surface area contributed by atoms with Crippen molar-refractivity contribution in [2.75, 3.05) is 12.3 Å². The van der Waals surface area contributed by atoms with Crippen LogP contribution in [0.3, 0.4) is 0 Å². The summed E-state index contributed by atoms with van der Waals surface area (Å²) in [5.41, 5.74) is -0.112. The summed E-state index contributed by atoms with van der Waals surface area (Å²) in [5, 5.41) is 2.44. The van der Waals surface area contributed by atoms with Crippen molar-refractivity contribution in [3.63, 3.8) is 0 Å². The molecule has 2 aromatic carbocycles. The monoisotopic (exact) mass is 341 g/mol. The van der Waals surface area contributed by atoms with Gasteiger partial charge in [0.15, 0.2) is 0 Å². The summed E-state index contributed by atoms with van der Waals surface area (Å²) in [6, 6.07) is 8.71. The van der Waals surface area contributed by atoms with Gasteiger partial charge >= 0.3 is 0 Å². The van der Waals surface area contributed by atoms with Gasteiger partial charge in [0.1, 0.15) is 23.2 Å². The average Bonchev–Trinajstić information content (AvgIpc) is 2.50. The molecule has 23 heavy (non-hydrogen) atoms. The maximum absolute atomic E-state index is 13.4. The lowest BCUT2D eigenvalue weighted by atomic mass is 10.1. The summed E-state index contributed by atoms with van der Waals surface area (Å²) < 4.78 is 51.8. The number of carbonyl (C=O) groups excluding carboxylic acids is 1. The number of hydrogen-bond donors (Lipinski definition) is 1. The first-order valence-corrected chi connectivity index (χ1v) is 8.13. The first-order chi connectivity index (χ1) is 11.0. The second-order valence-corrected chi connectivity index (χ2v) is 6.20. The van der Waals surface area contributed by atoms with Crippen LogP contribution in [0.5, 0.6) is 0 Å². The zero-order valence-corrected chi connectivity index (χ0v) is 12.8. The molecule has 0 aliphatic heterocycles. The molecule has 1 N–H and O–H groups in total. The molecule has 0 radical (unpaired) electrons. The number of nitrogens with one attached hydrogen (secondary N) is 1. The van der Waals surface area contributed by atoms with Crippen molar-refractivity contribution < 1.29 is 22.2 Å². The van der Waals surface area contributed by atoms with Crippen molar-refractivity contribution in [3.8, 4) is 0 Å². The predicted octanol–water partition coefficient (Wildman–Crippen LogP) is 2.57. The Bertz CT molecular complexity index is 717. The Hall–Kier alpha value is -2.15. The molecule has 0 aliphatic carbocycles. The maximum Gasteiger partial charge on any atom is 0.233 e. The van der Waals surface area contributed by atoms with Gasteiger partial charge in [-0.15, -0.1) is 0 Å². The molecule has 0 saturated carbocycles. The van der Waals surface area contributed by atoms with Crippen LogP contribution in [-0.2, 0) is 22.0 Å². The highest BCUT2D eigenvalue weighted by Gasteiger charge is 2.12. The standard InChI is InChI=1S/C16H14F3NO2S/c17-11-3-1-4-12(9-11)23(22)10-16(21)20-8-7-13-14(18)5-2-6-15(13)19/h1-6,9H,7-8,10H2,(H,20,21)/t23-/m0/s1. The van der Waals surface area contributed by atoms with E-state index in [9.17, 15) is 22.2 Å². The molecule has 0 aliphatic rings. The van der Waals surface area contributed by atoms with Crippen LogP contribution in [0.1, 0.15) is 5.56 Å². The third-order valence-corrected chi connectivity index (χ3v) is 4.38. The van der Waals surface area contributed by atoms with E-state index in [2.05, 4.69) is 5.32 Å². The van der Waals surface area contributed by atoms with Gasteiger partial charge in [-0.25, -0.2) is 13.2 Å². The fourth-order valence-electron chi connectivity index (χ4n) is 1.96. The molecule has 0 unspecified atom stereocenters. The molecule has 0 spiro atoms. The van der Waals surface area contributed by atoms with Crippen molar-refractivity contribution in [1.29, 1.82) is 0 Å². The van der Waals surface area contributed by atoms with Gasteiger partial charge in [0.05, 0.1) is 10.8 Å². The van der Waals surface area contributed by atoms with E-state index < -0.39 is 34.2 Å². The third-order valence-electron chi connectivity index (χ3n) is 3.08. The molecular formula is C16H14F3NO2S. The zero-order chi connectivity index (χ0) is 16.8. The van der Waals surface area contributed by atoms with Crippen molar-refractivity contribution in [2.24, 2.45) is 0 Å². The largest absolute Gasteiger partial charge is 0.355 e. The molecule has 0 bridgehead atoms. The Labute approximate surface area is 134 Å². The highest BCUT2D eigenvalue weighted by atomic mass is 32.2. The van der Waals surface area contributed by atoms with Gasteiger partial charge < -0.3 is 5.32 Å². The van der Waals surface area contributed by atoms with Gasteiger partial charge in [-0.2, -0.15) is 0 Å². The summed E-state index contributed by atoms with van der Waals surface area (Å²) in [6.07, 6.45) is -0.0170. The number of rotatable bonds is 6. The Morgan fingerprint density at radius 1 is 1.04 bits per heavy atom. The van der Waals surface area contributed by atoms with Crippen LogP contribution < -0.4 is 5.32 Å². The van der Waals surface area contributed by atoms with Gasteiger partial charge in [0, 0.05) is 17.0 Å². The van der Waals surface area contributed by atoms with Crippen LogP contribution in [0, 0.1) is 17.5 Å². The predicted molar refractivity (Wildman–Crippen MR) is 80.7 cm³/mol. The molecule has 0 heterocycles. The summed E-state index contributed by atoms with van der Waals surface area (Å²) in [5.74, 6) is -2.77. The minimum absolute atomic E-state index is 0.0109. The summed E-state index contributed by atoms with van der Waals surface area (Å²) in [7, 11) is -1.68. The van der Waals surface area contributed by atoms with E-state index in [1.807, 2.05) is 0 Å². The van der Waals surface area contributed by atoms with E-state index in [-0.39, 0.29) is 29.2 Å². The van der Waals surface area contributed by atoms with Crippen molar-refractivity contribution >= 4 is 16.7 Å². The summed E-state index contributed by atoms with van der Waals surface area (Å²) in [6.45, 7) is 0.0109. The van der Waals surface area contributed by atoms with E-state index >= 15 is 0 Å². The third kappa shape index (κ3) is 4.92. The van der Waals surface area contributed by atoms with E-state index in [1.54, 1.807) is 0 Å². The average molecular weight is 341 g/mol. The second kappa shape index (κ2) is 7.92. The fourth-order valence-corrected chi connectivity index (χ4v) is 2.94. The van der Waals surface area contributed by atoms with Crippen LogP contribution in [-0.4, -0.2) is 22.4 Å². The SMILES string of the molecule is O=C(C[S@](=O)c1cccc(F)c1)NCCc1c(F)cccc1F. The quantitative estimate of drug-likeness (QED) is 0.878. The Morgan fingerprint density at radius 2 is 1.70 bits per heavy atom. The molecule has 3 nitrogen and oxygen atoms in total. The van der Waals surface area contributed by atoms with Crippen LogP contribution in [0.4, 0.5) is 13.2 Å². The van der Waals surface area contributed by atoms with Gasteiger partial charge in [-0.1, -0.05) is 12.1 Å². The maximum atomic E-state index is 13.4. The fraction of sp³-hybridized carbons (Fsp3) is 0.188. The minimum atomic E-state index is -1.68. The smallest absolute Gasteiger partial charge is 0.233 e. The molecule has 0 aromatic heterocycles. The minimum Gasteiger partial charge on any atom is -0.355 e. The molecule has 2 aromatic rings. The topological polar surface area (TPSA) is 46.2 Å². The molecule has 7 heteroatoms. The molecule has 0 fully saturated rings. The van der Waals surface area contributed by atoms with Crippen LogP contribution in [0.2, 0.25) is 0 Å². The highest BCUT2D eigenvalue weighted by Crippen LogP contribution is 2.12. The zero-order valence-electron chi connectivity index (χ0n) is 12.0. The lowest BCUT2D eigenvalue weighted by Gasteiger charge is -2.07. The number of hydrogen-bond acceptors (Lipinski definition) is 2. The van der Waals surface area contributed by atoms with Crippen molar-refractivity contribution in [2.45, 2.75) is 11.3 Å². The lowest BCUT2D eigenvalue weighted by Crippen LogP contribution is -2.30. The lowest BCUT2D eigenvalue weighted by molar-refractivity contribution is -0.118. The molecule has 1 atom stereocenters. The number of carbonyl (C=O) groups is 1. The van der Waals surface area contributed by atoms with Crippen molar-refractivity contribution in [3.05, 3.63) is 65.5 Å². The summed E-state index contributed by atoms with van der Waals surface area (Å²) >= 11 is 0. The summed E-state index contributed by atoms with van der Waals surface area (Å²) in [4.78, 5) is 11.9. The Balaban J connectivity index is 1.85. The molecular weight excluding hydrogens is 327 g/mol. The normalized spacial score (nSPS) is 12.0. The van der Waals surface area contributed by atoms with E-state index in [0.717, 1.165) is 18.2 Å². The molecule has 122 valence electrons. The van der Waals surface area contributed by atoms with E-state index in [1.165, 1.54) is 24.3 Å². The van der Waals surface area contributed by atoms with Crippen LogP contribution in [0.25, 0.3) is 0 Å². The number of halogens is 3. The van der Waals surface area contributed by atoms with Gasteiger partial charge in [0.2, 0.25) is 5.91 Å². The van der Waals surface area contributed by atoms with Gasteiger partial charge in [0.25, 0.3) is 0 Å². The molecule has 0 saturated heterocycles. The Morgan fingerprint density at radius 3 is 2.35 bits per heavy atom. The molecule has 2 rings (SSSR count). The van der Waals surface area contributed by atoms with Crippen LogP contribution >= 0.6 is 0 Å². The van der Waals surface area contributed by atoms with Gasteiger partial charge in [-0.3, -0.25) is 9.00 Å². The number of amides is 1. The van der Waals surface area contributed by atoms with Crippen LogP contribution in [0.15, 0.2) is 47.4 Å². The first-order valence-electron chi connectivity index (χ1n) is 6.81. The Kier molecular flexibility index (Phi) is 5.92. The second-order valence-electron chi connectivity index (χ2n) is 4.75.